The first kappa shape index (κ1) is 11.3. The van der Waals surface area contributed by atoms with Gasteiger partial charge in [-0.3, -0.25) is 0 Å². The molecule has 0 saturated carbocycles. The molecule has 4 heteroatoms. The molecule has 1 aromatic rings. The molecule has 0 aromatic carbocycles. The van der Waals surface area contributed by atoms with Crippen LogP contribution in [-0.4, -0.2) is 33.8 Å². The predicted octanol–water partition coefficient (Wildman–Crippen LogP) is 1.56. The molecule has 2 heterocycles. The summed E-state index contributed by atoms with van der Waals surface area (Å²) in [6.45, 7) is 7.60. The van der Waals surface area contributed by atoms with Gasteiger partial charge in [-0.15, -0.1) is 0 Å². The molecule has 1 aromatic heterocycles. The molecule has 0 bridgehead atoms. The van der Waals surface area contributed by atoms with Crippen molar-refractivity contribution < 1.29 is 5.11 Å². The quantitative estimate of drug-likeness (QED) is 0.841. The van der Waals surface area contributed by atoms with Crippen molar-refractivity contribution >= 4 is 5.82 Å². The molecule has 2 rings (SSSR count). The van der Waals surface area contributed by atoms with Gasteiger partial charge in [0.15, 0.2) is 0 Å². The van der Waals surface area contributed by atoms with Gasteiger partial charge < -0.3 is 10.0 Å². The summed E-state index contributed by atoms with van der Waals surface area (Å²) in [5, 5.41) is 9.94. The lowest BCUT2D eigenvalue weighted by atomic mass is 9.91. The largest absolute Gasteiger partial charge is 0.386 e. The minimum atomic E-state index is -0.511. The topological polar surface area (TPSA) is 49.2 Å². The molecule has 0 amide bonds. The Labute approximate surface area is 96.3 Å². The van der Waals surface area contributed by atoms with Crippen molar-refractivity contribution in [2.45, 2.75) is 38.7 Å². The average Bonchev–Trinajstić information content (AvgIpc) is 2.25. The second-order valence-corrected chi connectivity index (χ2v) is 4.89. The van der Waals surface area contributed by atoms with Crippen molar-refractivity contribution in [3.05, 3.63) is 18.1 Å². The number of anilines is 1. The zero-order chi connectivity index (χ0) is 11.8. The molecule has 1 aliphatic rings. The van der Waals surface area contributed by atoms with Gasteiger partial charge in [0.05, 0.1) is 5.60 Å². The summed E-state index contributed by atoms with van der Waals surface area (Å²) in [5.74, 6) is 1.34. The van der Waals surface area contributed by atoms with Gasteiger partial charge in [-0.25, -0.2) is 9.97 Å². The summed E-state index contributed by atoms with van der Waals surface area (Å²) < 4.78 is 0. The fourth-order valence-corrected chi connectivity index (χ4v) is 1.90. The summed E-state index contributed by atoms with van der Waals surface area (Å²) in [5.41, 5.74) is 0.542. The number of β-amino-alcohol motifs (C(OH)–C–C–N with tert-alkyl or cyclic N) is 1. The van der Waals surface area contributed by atoms with E-state index in [1.165, 1.54) is 0 Å². The molecule has 0 aliphatic carbocycles. The third kappa shape index (κ3) is 2.02. The van der Waals surface area contributed by atoms with Gasteiger partial charge in [-0.2, -0.15) is 0 Å². The summed E-state index contributed by atoms with van der Waals surface area (Å²) in [4.78, 5) is 10.6. The zero-order valence-electron chi connectivity index (χ0n) is 10.1. The first-order valence-electron chi connectivity index (χ1n) is 5.83. The minimum absolute atomic E-state index is 0.410. The monoisotopic (exact) mass is 221 g/mol. The number of nitrogens with zero attached hydrogens (tertiary/aromatic N) is 3. The molecule has 1 saturated heterocycles. The molecule has 16 heavy (non-hydrogen) atoms. The van der Waals surface area contributed by atoms with E-state index in [1.54, 1.807) is 6.33 Å². The SMILES string of the molecule is CCC1(O)CN(c2cc(C(C)C)ncn2)C1. The normalized spacial score (nSPS) is 18.7. The maximum atomic E-state index is 9.94. The summed E-state index contributed by atoms with van der Waals surface area (Å²) in [6, 6.07) is 2.01. The van der Waals surface area contributed by atoms with Gasteiger partial charge >= 0.3 is 0 Å². The predicted molar refractivity (Wildman–Crippen MR) is 63.6 cm³/mol. The molecule has 0 unspecified atom stereocenters. The van der Waals surface area contributed by atoms with E-state index in [4.69, 9.17) is 0 Å². The van der Waals surface area contributed by atoms with Crippen molar-refractivity contribution in [3.8, 4) is 0 Å². The van der Waals surface area contributed by atoms with Gasteiger partial charge in [0.25, 0.3) is 0 Å². The van der Waals surface area contributed by atoms with Gasteiger partial charge in [0, 0.05) is 24.8 Å². The van der Waals surface area contributed by atoms with Crippen LogP contribution in [0.3, 0.4) is 0 Å². The highest BCUT2D eigenvalue weighted by molar-refractivity contribution is 5.44. The van der Waals surface area contributed by atoms with Gasteiger partial charge in [0.2, 0.25) is 0 Å². The van der Waals surface area contributed by atoms with E-state index >= 15 is 0 Å². The number of rotatable bonds is 3. The third-order valence-corrected chi connectivity index (χ3v) is 3.22. The minimum Gasteiger partial charge on any atom is -0.386 e. The molecule has 1 fully saturated rings. The highest BCUT2D eigenvalue weighted by Crippen LogP contribution is 2.29. The zero-order valence-corrected chi connectivity index (χ0v) is 10.1. The fourth-order valence-electron chi connectivity index (χ4n) is 1.90. The van der Waals surface area contributed by atoms with Crippen LogP contribution in [0.1, 0.15) is 38.8 Å². The summed E-state index contributed by atoms with van der Waals surface area (Å²) >= 11 is 0. The van der Waals surface area contributed by atoms with E-state index in [-0.39, 0.29) is 0 Å². The second kappa shape index (κ2) is 4.01. The van der Waals surface area contributed by atoms with Crippen LogP contribution >= 0.6 is 0 Å². The van der Waals surface area contributed by atoms with Gasteiger partial charge in [-0.05, 0) is 12.3 Å². The molecular formula is C12H19N3O. The van der Waals surface area contributed by atoms with Gasteiger partial charge in [-0.1, -0.05) is 20.8 Å². The highest BCUT2D eigenvalue weighted by Gasteiger charge is 2.40. The van der Waals surface area contributed by atoms with Crippen LogP contribution in [0.5, 0.6) is 0 Å². The lowest BCUT2D eigenvalue weighted by Crippen LogP contribution is -2.61. The second-order valence-electron chi connectivity index (χ2n) is 4.89. The maximum Gasteiger partial charge on any atom is 0.132 e. The van der Waals surface area contributed by atoms with Crippen LogP contribution in [0, 0.1) is 0 Å². The van der Waals surface area contributed by atoms with Crippen molar-refractivity contribution in [2.24, 2.45) is 0 Å². The Morgan fingerprint density at radius 2 is 2.12 bits per heavy atom. The van der Waals surface area contributed by atoms with Crippen LogP contribution < -0.4 is 4.90 Å². The van der Waals surface area contributed by atoms with Crippen LogP contribution in [0.4, 0.5) is 5.82 Å². The van der Waals surface area contributed by atoms with Crippen molar-refractivity contribution in [3.63, 3.8) is 0 Å². The number of hydrogen-bond donors (Lipinski definition) is 1. The molecular weight excluding hydrogens is 202 g/mol. The average molecular weight is 221 g/mol. The van der Waals surface area contributed by atoms with Crippen molar-refractivity contribution in [2.75, 3.05) is 18.0 Å². The lowest BCUT2D eigenvalue weighted by Gasteiger charge is -2.46. The summed E-state index contributed by atoms with van der Waals surface area (Å²) in [7, 11) is 0. The molecule has 0 atom stereocenters. The van der Waals surface area contributed by atoms with E-state index in [1.807, 2.05) is 13.0 Å². The standard InChI is InChI=1S/C12H19N3O/c1-4-12(16)6-15(7-12)11-5-10(9(2)3)13-8-14-11/h5,8-9,16H,4,6-7H2,1-3H3. The lowest BCUT2D eigenvalue weighted by molar-refractivity contribution is 0.00804. The Bertz CT molecular complexity index is 372. The van der Waals surface area contributed by atoms with Crippen molar-refractivity contribution in [1.82, 2.24) is 9.97 Å². The Hall–Kier alpha value is -1.16. The van der Waals surface area contributed by atoms with Crippen LogP contribution in [0.2, 0.25) is 0 Å². The fraction of sp³-hybridized carbons (Fsp3) is 0.667. The molecule has 0 radical (unpaired) electrons. The molecule has 88 valence electrons. The summed E-state index contributed by atoms with van der Waals surface area (Å²) in [6.07, 6.45) is 2.40. The smallest absolute Gasteiger partial charge is 0.132 e. The van der Waals surface area contributed by atoms with E-state index in [2.05, 4.69) is 28.7 Å². The third-order valence-electron chi connectivity index (χ3n) is 3.22. The molecule has 1 aliphatic heterocycles. The molecule has 4 nitrogen and oxygen atoms in total. The van der Waals surface area contributed by atoms with Crippen LogP contribution in [0.25, 0.3) is 0 Å². The number of aliphatic hydroxyl groups is 1. The molecule has 0 spiro atoms. The Kier molecular flexibility index (Phi) is 2.84. The first-order valence-corrected chi connectivity index (χ1v) is 5.83. The Balaban J connectivity index is 2.09. The van der Waals surface area contributed by atoms with Crippen LogP contribution in [-0.2, 0) is 0 Å². The number of aromatic nitrogens is 2. The van der Waals surface area contributed by atoms with Crippen molar-refractivity contribution in [1.29, 1.82) is 0 Å². The van der Waals surface area contributed by atoms with E-state index in [0.717, 1.165) is 17.9 Å². The van der Waals surface area contributed by atoms with Gasteiger partial charge in [0.1, 0.15) is 12.1 Å². The molecule has 1 N–H and O–H groups in total. The maximum absolute atomic E-state index is 9.94. The van der Waals surface area contributed by atoms with E-state index in [9.17, 15) is 5.11 Å². The first-order chi connectivity index (χ1) is 7.54. The number of hydrogen-bond acceptors (Lipinski definition) is 4. The van der Waals surface area contributed by atoms with E-state index < -0.39 is 5.60 Å². The highest BCUT2D eigenvalue weighted by atomic mass is 16.3. The van der Waals surface area contributed by atoms with E-state index in [0.29, 0.717) is 19.0 Å². The van der Waals surface area contributed by atoms with Crippen LogP contribution in [0.15, 0.2) is 12.4 Å². The Morgan fingerprint density at radius 1 is 1.44 bits per heavy atom. The Morgan fingerprint density at radius 3 is 2.69 bits per heavy atom.